The summed E-state index contributed by atoms with van der Waals surface area (Å²) in [5, 5.41) is 5.11. The largest absolute Gasteiger partial charge is 0.326 e. The summed E-state index contributed by atoms with van der Waals surface area (Å²) in [5.74, 6) is 0.295. The molecule has 0 radical (unpaired) electrons. The number of amides is 1. The maximum atomic E-state index is 12.4. The van der Waals surface area contributed by atoms with Crippen LogP contribution in [0.4, 0.5) is 5.69 Å². The lowest BCUT2D eigenvalue weighted by atomic mass is 10.1. The molecule has 1 N–H and O–H groups in total. The van der Waals surface area contributed by atoms with Crippen molar-refractivity contribution in [1.29, 1.82) is 0 Å². The van der Waals surface area contributed by atoms with Crippen LogP contribution in [0.5, 0.6) is 0 Å². The first-order valence-electron chi connectivity index (χ1n) is 7.94. The zero-order valence-electron chi connectivity index (χ0n) is 13.0. The number of hydrogen-bond acceptors (Lipinski definition) is 3. The van der Waals surface area contributed by atoms with Crippen molar-refractivity contribution in [3.8, 4) is 0 Å². The molecule has 118 valence electrons. The molecule has 2 atom stereocenters. The summed E-state index contributed by atoms with van der Waals surface area (Å²) in [6.07, 6.45) is 5.23. The third kappa shape index (κ3) is 2.78. The van der Waals surface area contributed by atoms with Gasteiger partial charge in [0.15, 0.2) is 0 Å². The van der Waals surface area contributed by atoms with Gasteiger partial charge in [0.25, 0.3) is 0 Å². The van der Waals surface area contributed by atoms with E-state index in [2.05, 4.69) is 10.3 Å². The van der Waals surface area contributed by atoms with Crippen molar-refractivity contribution >= 4 is 28.7 Å². The summed E-state index contributed by atoms with van der Waals surface area (Å²) >= 11 is 0. The smallest absolute Gasteiger partial charge is 0.228 e. The van der Waals surface area contributed by atoms with E-state index in [4.69, 9.17) is 0 Å². The van der Waals surface area contributed by atoms with E-state index in [0.717, 1.165) is 34.7 Å². The SMILES string of the molecule is O=Cc1ccc([C@@H]2C[C@H]2C(=O)Nc2ccc3cnccc3c2)cc1. The normalized spacial score (nSPS) is 19.0. The topological polar surface area (TPSA) is 59.1 Å². The van der Waals surface area contributed by atoms with Gasteiger partial charge >= 0.3 is 0 Å². The minimum Gasteiger partial charge on any atom is -0.326 e. The quantitative estimate of drug-likeness (QED) is 0.745. The predicted molar refractivity (Wildman–Crippen MR) is 93.1 cm³/mol. The summed E-state index contributed by atoms with van der Waals surface area (Å²) in [6, 6.07) is 15.2. The number of hydrogen-bond donors (Lipinski definition) is 1. The van der Waals surface area contributed by atoms with E-state index in [0.29, 0.717) is 5.56 Å². The number of pyridine rings is 1. The molecule has 1 aliphatic rings. The van der Waals surface area contributed by atoms with Crippen molar-refractivity contribution in [2.75, 3.05) is 5.32 Å². The van der Waals surface area contributed by atoms with E-state index in [9.17, 15) is 9.59 Å². The second kappa shape index (κ2) is 5.89. The number of nitrogens with zero attached hydrogens (tertiary/aromatic N) is 1. The highest BCUT2D eigenvalue weighted by molar-refractivity contribution is 5.97. The summed E-state index contributed by atoms with van der Waals surface area (Å²) < 4.78 is 0. The van der Waals surface area contributed by atoms with Crippen molar-refractivity contribution in [2.45, 2.75) is 12.3 Å². The van der Waals surface area contributed by atoms with Crippen LogP contribution in [0.15, 0.2) is 60.9 Å². The average molecular weight is 316 g/mol. The molecule has 1 saturated carbocycles. The van der Waals surface area contributed by atoms with Gasteiger partial charge in [-0.3, -0.25) is 14.6 Å². The number of benzene rings is 2. The predicted octanol–water partition coefficient (Wildman–Crippen LogP) is 3.79. The molecule has 0 bridgehead atoms. The highest BCUT2D eigenvalue weighted by Crippen LogP contribution is 2.48. The van der Waals surface area contributed by atoms with Crippen LogP contribution in [0.3, 0.4) is 0 Å². The van der Waals surface area contributed by atoms with Crippen molar-refractivity contribution in [3.63, 3.8) is 0 Å². The molecular weight excluding hydrogens is 300 g/mol. The zero-order chi connectivity index (χ0) is 16.5. The maximum absolute atomic E-state index is 12.4. The number of aromatic nitrogens is 1. The Bertz CT molecular complexity index is 918. The summed E-state index contributed by atoms with van der Waals surface area (Å²) in [4.78, 5) is 27.2. The van der Waals surface area contributed by atoms with Crippen LogP contribution < -0.4 is 5.32 Å². The number of carbonyl (C=O) groups is 2. The van der Waals surface area contributed by atoms with Crippen LogP contribution >= 0.6 is 0 Å². The Morgan fingerprint density at radius 1 is 1.08 bits per heavy atom. The highest BCUT2D eigenvalue weighted by atomic mass is 16.2. The Morgan fingerprint density at radius 2 is 1.92 bits per heavy atom. The fraction of sp³-hybridized carbons (Fsp3) is 0.150. The van der Waals surface area contributed by atoms with E-state index in [-0.39, 0.29) is 17.7 Å². The first-order chi connectivity index (χ1) is 11.7. The highest BCUT2D eigenvalue weighted by Gasteiger charge is 2.43. The third-order valence-corrected chi connectivity index (χ3v) is 4.54. The molecule has 0 unspecified atom stereocenters. The van der Waals surface area contributed by atoms with Crippen LogP contribution in [0.1, 0.15) is 28.3 Å². The molecule has 2 aromatic carbocycles. The van der Waals surface area contributed by atoms with Crippen LogP contribution in [-0.2, 0) is 4.79 Å². The molecule has 0 aliphatic heterocycles. The van der Waals surface area contributed by atoms with Gasteiger partial charge in [0, 0.05) is 34.9 Å². The van der Waals surface area contributed by atoms with Gasteiger partial charge in [-0.05, 0) is 41.5 Å². The second-order valence-corrected chi connectivity index (χ2v) is 6.16. The molecular formula is C20H16N2O2. The first kappa shape index (κ1) is 14.6. The van der Waals surface area contributed by atoms with Crippen molar-refractivity contribution in [1.82, 2.24) is 4.98 Å². The van der Waals surface area contributed by atoms with Gasteiger partial charge in [0.1, 0.15) is 6.29 Å². The number of aldehydes is 1. The molecule has 1 amide bonds. The lowest BCUT2D eigenvalue weighted by Gasteiger charge is -2.06. The summed E-state index contributed by atoms with van der Waals surface area (Å²) in [5.41, 5.74) is 2.58. The first-order valence-corrected chi connectivity index (χ1v) is 7.94. The van der Waals surface area contributed by atoms with Crippen molar-refractivity contribution in [2.24, 2.45) is 5.92 Å². The van der Waals surface area contributed by atoms with E-state index in [1.54, 1.807) is 24.5 Å². The van der Waals surface area contributed by atoms with Gasteiger partial charge in [-0.15, -0.1) is 0 Å². The average Bonchev–Trinajstić information content (AvgIpc) is 3.42. The van der Waals surface area contributed by atoms with Gasteiger partial charge in [0.05, 0.1) is 0 Å². The van der Waals surface area contributed by atoms with Crippen molar-refractivity contribution < 1.29 is 9.59 Å². The van der Waals surface area contributed by atoms with Gasteiger partial charge < -0.3 is 5.32 Å². The number of carbonyl (C=O) groups excluding carboxylic acids is 2. The molecule has 1 aliphatic carbocycles. The third-order valence-electron chi connectivity index (χ3n) is 4.54. The lowest BCUT2D eigenvalue weighted by molar-refractivity contribution is -0.117. The Morgan fingerprint density at radius 3 is 2.71 bits per heavy atom. The monoisotopic (exact) mass is 316 g/mol. The Kier molecular flexibility index (Phi) is 3.58. The van der Waals surface area contributed by atoms with Gasteiger partial charge in [-0.1, -0.05) is 30.3 Å². The number of nitrogens with one attached hydrogen (secondary N) is 1. The Hall–Kier alpha value is -3.01. The zero-order valence-corrected chi connectivity index (χ0v) is 13.0. The molecule has 1 fully saturated rings. The van der Waals surface area contributed by atoms with Crippen LogP contribution in [0.25, 0.3) is 10.8 Å². The molecule has 0 spiro atoms. The van der Waals surface area contributed by atoms with Crippen LogP contribution in [0.2, 0.25) is 0 Å². The number of anilines is 1. The minimum absolute atomic E-state index is 0.000202. The molecule has 1 aromatic heterocycles. The number of rotatable bonds is 4. The van der Waals surface area contributed by atoms with Crippen LogP contribution in [-0.4, -0.2) is 17.2 Å². The number of fused-ring (bicyclic) bond motifs is 1. The fourth-order valence-electron chi connectivity index (χ4n) is 3.07. The molecule has 1 heterocycles. The maximum Gasteiger partial charge on any atom is 0.228 e. The Balaban J connectivity index is 1.45. The van der Waals surface area contributed by atoms with E-state index >= 15 is 0 Å². The molecule has 24 heavy (non-hydrogen) atoms. The lowest BCUT2D eigenvalue weighted by Crippen LogP contribution is -2.14. The Labute approximate surface area is 139 Å². The van der Waals surface area contributed by atoms with Gasteiger partial charge in [-0.2, -0.15) is 0 Å². The molecule has 4 heteroatoms. The van der Waals surface area contributed by atoms with E-state index in [1.807, 2.05) is 36.4 Å². The second-order valence-electron chi connectivity index (χ2n) is 6.16. The molecule has 4 nitrogen and oxygen atoms in total. The summed E-state index contributed by atoms with van der Waals surface area (Å²) in [6.45, 7) is 0. The van der Waals surface area contributed by atoms with Crippen LogP contribution in [0, 0.1) is 5.92 Å². The molecule has 4 rings (SSSR count). The molecule has 3 aromatic rings. The van der Waals surface area contributed by atoms with Gasteiger partial charge in [0.2, 0.25) is 5.91 Å². The van der Waals surface area contributed by atoms with E-state index in [1.165, 1.54) is 0 Å². The van der Waals surface area contributed by atoms with Gasteiger partial charge in [-0.25, -0.2) is 0 Å². The van der Waals surface area contributed by atoms with Crippen molar-refractivity contribution in [3.05, 3.63) is 72.1 Å². The fourth-order valence-corrected chi connectivity index (χ4v) is 3.07. The van der Waals surface area contributed by atoms with E-state index < -0.39 is 0 Å². The molecule has 0 saturated heterocycles. The minimum atomic E-state index is 0.000202. The standard InChI is InChI=1S/C20H16N2O2/c23-12-13-1-3-14(4-2-13)18-10-19(18)20(24)22-17-6-5-16-11-21-8-7-15(16)9-17/h1-9,11-12,18-19H,10H2,(H,22,24)/t18-,19+/m0/s1. The summed E-state index contributed by atoms with van der Waals surface area (Å²) in [7, 11) is 0.